The lowest BCUT2D eigenvalue weighted by molar-refractivity contribution is 0.859. The summed E-state index contributed by atoms with van der Waals surface area (Å²) < 4.78 is 2.29. The average molecular weight is 796 g/mol. The van der Waals surface area contributed by atoms with Crippen LogP contribution in [-0.2, 0) is 6.42 Å². The molecule has 2 heterocycles. The highest BCUT2D eigenvalue weighted by atomic mass is 15.1. The van der Waals surface area contributed by atoms with Gasteiger partial charge in [0.05, 0.1) is 11.0 Å². The molecule has 3 nitrogen and oxygen atoms in total. The maximum atomic E-state index is 5.17. The van der Waals surface area contributed by atoms with Gasteiger partial charge in [-0.25, -0.2) is 4.98 Å². The van der Waals surface area contributed by atoms with Crippen LogP contribution in [-0.4, -0.2) is 14.5 Å². The fourth-order valence-corrected chi connectivity index (χ4v) is 9.63. The van der Waals surface area contributed by atoms with Crippen molar-refractivity contribution >= 4 is 65.8 Å². The van der Waals surface area contributed by atoms with Crippen LogP contribution >= 0.6 is 0 Å². The van der Waals surface area contributed by atoms with E-state index in [0.29, 0.717) is 5.92 Å². The number of allylic oxidation sites excluding steroid dienone is 1. The second-order valence-electron chi connectivity index (χ2n) is 16.8. The van der Waals surface area contributed by atoms with Gasteiger partial charge in [0, 0.05) is 29.2 Å². The molecule has 0 radical (unpaired) electrons. The molecule has 0 fully saturated rings. The van der Waals surface area contributed by atoms with Gasteiger partial charge in [-0.05, 0) is 144 Å². The Balaban J connectivity index is 0.957. The minimum absolute atomic E-state index is 0.328. The first-order chi connectivity index (χ1) is 30.5. The number of rotatable bonds is 8. The molecule has 11 rings (SSSR count). The third-order valence-electron chi connectivity index (χ3n) is 12.6. The minimum atomic E-state index is 0.328. The number of aryl methyl sites for hydroxylation is 1. The van der Waals surface area contributed by atoms with Crippen LogP contribution in [0.2, 0.25) is 0 Å². The molecule has 3 heteroatoms. The summed E-state index contributed by atoms with van der Waals surface area (Å²) in [6.45, 7) is 6.91. The molecule has 0 saturated carbocycles. The quantitative estimate of drug-likeness (QED) is 0.113. The maximum Gasteiger partial charge on any atom is 0.145 e. The zero-order valence-electron chi connectivity index (χ0n) is 35.2. The predicted octanol–water partition coefficient (Wildman–Crippen LogP) is 15.5. The van der Waals surface area contributed by atoms with Gasteiger partial charge in [0.15, 0.2) is 0 Å². The van der Waals surface area contributed by atoms with Crippen LogP contribution in [0.1, 0.15) is 41.7 Å². The van der Waals surface area contributed by atoms with E-state index in [1.807, 2.05) is 18.5 Å². The van der Waals surface area contributed by atoms with Crippen molar-refractivity contribution in [2.45, 2.75) is 27.2 Å². The van der Waals surface area contributed by atoms with E-state index in [4.69, 9.17) is 4.98 Å². The van der Waals surface area contributed by atoms with Crippen molar-refractivity contribution in [3.63, 3.8) is 0 Å². The molecule has 0 atom stereocenters. The predicted molar refractivity (Wildman–Crippen MR) is 263 cm³/mol. The van der Waals surface area contributed by atoms with Crippen molar-refractivity contribution in [1.29, 1.82) is 0 Å². The third-order valence-corrected chi connectivity index (χ3v) is 12.6. The summed E-state index contributed by atoms with van der Waals surface area (Å²) in [5, 5.41) is 10.4. The number of pyridine rings is 1. The minimum Gasteiger partial charge on any atom is -0.292 e. The molecule has 0 spiro atoms. The maximum absolute atomic E-state index is 5.17. The Kier molecular flexibility index (Phi) is 9.31. The SMILES string of the molecule is Cc1cc(Cc2ccc(-n3c(-c4cccc(-c5cccnc5)c4)nc4ccccc43)cc2)c2ccccc2c1/C=C(/c1ccc2c3ccccc3c3ccccc3c2c1)C(C)C. The van der Waals surface area contributed by atoms with Gasteiger partial charge in [0.2, 0.25) is 0 Å². The van der Waals surface area contributed by atoms with E-state index in [1.54, 1.807) is 0 Å². The van der Waals surface area contributed by atoms with Gasteiger partial charge in [0.1, 0.15) is 5.82 Å². The average Bonchev–Trinajstić information content (AvgIpc) is 3.72. The van der Waals surface area contributed by atoms with E-state index in [2.05, 4.69) is 212 Å². The van der Waals surface area contributed by atoms with Crippen LogP contribution in [0.25, 0.3) is 94.0 Å². The summed E-state index contributed by atoms with van der Waals surface area (Å²) in [5.41, 5.74) is 14.2. The largest absolute Gasteiger partial charge is 0.292 e. The Morgan fingerprint density at radius 1 is 0.548 bits per heavy atom. The fraction of sp³-hybridized carbons (Fsp3) is 0.0847. The van der Waals surface area contributed by atoms with Crippen molar-refractivity contribution < 1.29 is 0 Å². The molecule has 0 amide bonds. The molecular formula is C59H45N3. The van der Waals surface area contributed by atoms with Gasteiger partial charge in [0.25, 0.3) is 0 Å². The lowest BCUT2D eigenvalue weighted by Crippen LogP contribution is -1.99. The molecular weight excluding hydrogens is 751 g/mol. The molecule has 9 aromatic carbocycles. The molecule has 0 N–H and O–H groups in total. The fourth-order valence-electron chi connectivity index (χ4n) is 9.63. The molecule has 0 aliphatic carbocycles. The topological polar surface area (TPSA) is 30.7 Å². The highest BCUT2D eigenvalue weighted by Gasteiger charge is 2.18. The summed E-state index contributed by atoms with van der Waals surface area (Å²) in [6.07, 6.45) is 7.02. The summed E-state index contributed by atoms with van der Waals surface area (Å²) in [4.78, 5) is 9.52. The first-order valence-corrected chi connectivity index (χ1v) is 21.6. The van der Waals surface area contributed by atoms with E-state index < -0.39 is 0 Å². The number of imidazole rings is 1. The highest BCUT2D eigenvalue weighted by Crippen LogP contribution is 2.39. The monoisotopic (exact) mass is 795 g/mol. The molecule has 2 aromatic heterocycles. The van der Waals surface area contributed by atoms with Crippen molar-refractivity contribution in [1.82, 2.24) is 14.5 Å². The van der Waals surface area contributed by atoms with Gasteiger partial charge >= 0.3 is 0 Å². The Bertz CT molecular complexity index is 3480. The Morgan fingerprint density at radius 2 is 1.18 bits per heavy atom. The number of fused-ring (bicyclic) bond motifs is 8. The van der Waals surface area contributed by atoms with Gasteiger partial charge in [-0.2, -0.15) is 0 Å². The normalized spacial score (nSPS) is 12.1. The molecule has 62 heavy (non-hydrogen) atoms. The Hall–Kier alpha value is -7.62. The second-order valence-corrected chi connectivity index (χ2v) is 16.8. The molecule has 296 valence electrons. The van der Waals surface area contributed by atoms with Crippen LogP contribution in [0.4, 0.5) is 0 Å². The van der Waals surface area contributed by atoms with Crippen LogP contribution in [0, 0.1) is 12.8 Å². The van der Waals surface area contributed by atoms with E-state index in [9.17, 15) is 0 Å². The summed E-state index contributed by atoms with van der Waals surface area (Å²) >= 11 is 0. The smallest absolute Gasteiger partial charge is 0.145 e. The number of para-hydroxylation sites is 2. The van der Waals surface area contributed by atoms with E-state index >= 15 is 0 Å². The number of benzene rings is 9. The standard InChI is InChI=1S/C59H45N3/c1-38(2)54(42-27-30-53-51-21-7-6-19-49(51)50-20-8-9-22-52(50)56(53)35-42)36-55-39(3)32-45(47-17-4-5-18-48(47)55)33-40-25-28-46(29-26-40)62-58-24-11-10-23-57(58)61-59(62)43-15-12-14-41(34-43)44-16-13-31-60-37-44/h4-32,34-38H,33H2,1-3H3/b54-36+. The molecule has 0 aliphatic rings. The summed E-state index contributed by atoms with van der Waals surface area (Å²) in [5.74, 6) is 1.25. The molecule has 11 aromatic rings. The van der Waals surface area contributed by atoms with Crippen LogP contribution in [0.3, 0.4) is 0 Å². The van der Waals surface area contributed by atoms with Crippen LogP contribution in [0.5, 0.6) is 0 Å². The highest BCUT2D eigenvalue weighted by molar-refractivity contribution is 6.25. The second kappa shape index (κ2) is 15.4. The number of hydrogen-bond acceptors (Lipinski definition) is 2. The Morgan fingerprint density at radius 3 is 1.89 bits per heavy atom. The molecule has 0 aliphatic heterocycles. The first kappa shape index (κ1) is 37.4. The molecule has 0 unspecified atom stereocenters. The van der Waals surface area contributed by atoms with Gasteiger partial charge in [-0.15, -0.1) is 0 Å². The van der Waals surface area contributed by atoms with Gasteiger partial charge in [-0.1, -0.05) is 159 Å². The van der Waals surface area contributed by atoms with Crippen molar-refractivity contribution in [2.24, 2.45) is 5.92 Å². The lowest BCUT2D eigenvalue weighted by Gasteiger charge is -2.18. The van der Waals surface area contributed by atoms with Crippen molar-refractivity contribution in [3.05, 3.63) is 222 Å². The zero-order valence-corrected chi connectivity index (χ0v) is 35.2. The number of hydrogen-bond donors (Lipinski definition) is 0. The molecule has 0 bridgehead atoms. The molecule has 0 saturated heterocycles. The third kappa shape index (κ3) is 6.54. The Labute approximate surface area is 362 Å². The van der Waals surface area contributed by atoms with Crippen LogP contribution < -0.4 is 0 Å². The van der Waals surface area contributed by atoms with Crippen molar-refractivity contribution in [3.8, 4) is 28.2 Å². The van der Waals surface area contributed by atoms with E-state index in [0.717, 1.165) is 45.7 Å². The lowest BCUT2D eigenvalue weighted by atomic mass is 9.86. The summed E-state index contributed by atoms with van der Waals surface area (Å²) in [7, 11) is 0. The van der Waals surface area contributed by atoms with E-state index in [1.165, 1.54) is 76.5 Å². The van der Waals surface area contributed by atoms with Gasteiger partial charge in [-0.3, -0.25) is 9.55 Å². The zero-order chi connectivity index (χ0) is 41.7. The van der Waals surface area contributed by atoms with Crippen molar-refractivity contribution in [2.75, 3.05) is 0 Å². The summed E-state index contributed by atoms with van der Waals surface area (Å²) in [6, 6.07) is 66.3. The number of nitrogens with zero attached hydrogens (tertiary/aromatic N) is 3. The van der Waals surface area contributed by atoms with Gasteiger partial charge < -0.3 is 0 Å². The van der Waals surface area contributed by atoms with Crippen LogP contribution in [0.15, 0.2) is 194 Å². The first-order valence-electron chi connectivity index (χ1n) is 21.6. The number of aromatic nitrogens is 3. The van der Waals surface area contributed by atoms with E-state index in [-0.39, 0.29) is 0 Å².